The number of nitrogens with one attached hydrogen (secondary N) is 1. The van der Waals surface area contributed by atoms with Gasteiger partial charge in [0.05, 0.1) is 18.7 Å². The van der Waals surface area contributed by atoms with Crippen LogP contribution in [-0.4, -0.2) is 20.3 Å². The molecule has 0 fully saturated rings. The van der Waals surface area contributed by atoms with Gasteiger partial charge >= 0.3 is 0 Å². The molecule has 0 aliphatic rings. The van der Waals surface area contributed by atoms with Gasteiger partial charge in [0.15, 0.2) is 11.5 Å². The van der Waals surface area contributed by atoms with Crippen molar-refractivity contribution in [1.82, 2.24) is 5.32 Å². The number of unbranched alkanes of at least 4 members (excludes halogenated alkanes) is 1. The largest absolute Gasteiger partial charge is 0.493 e. The third kappa shape index (κ3) is 6.40. The molecule has 1 rings (SSSR count). The van der Waals surface area contributed by atoms with Gasteiger partial charge < -0.3 is 14.8 Å². The summed E-state index contributed by atoms with van der Waals surface area (Å²) in [5.41, 5.74) is 1.09. The van der Waals surface area contributed by atoms with Crippen LogP contribution in [0, 0.1) is 5.92 Å². The Balaban J connectivity index is 2.69. The first-order valence-corrected chi connectivity index (χ1v) is 7.77. The maximum atomic E-state index is 6.31. The van der Waals surface area contributed by atoms with E-state index in [0.717, 1.165) is 31.5 Å². The predicted octanol–water partition coefficient (Wildman–Crippen LogP) is 4.44. The van der Waals surface area contributed by atoms with Gasteiger partial charge in [0.1, 0.15) is 0 Å². The van der Waals surface area contributed by atoms with Crippen molar-refractivity contribution >= 4 is 11.6 Å². The molecular formula is C17H26ClNO2. The van der Waals surface area contributed by atoms with Gasteiger partial charge in [-0.2, -0.15) is 0 Å². The molecule has 0 saturated carbocycles. The van der Waals surface area contributed by atoms with E-state index in [9.17, 15) is 0 Å². The first kappa shape index (κ1) is 17.9. The minimum absolute atomic E-state index is 0.592. The Morgan fingerprint density at radius 2 is 2.14 bits per heavy atom. The highest BCUT2D eigenvalue weighted by Crippen LogP contribution is 2.36. The van der Waals surface area contributed by atoms with E-state index in [-0.39, 0.29) is 0 Å². The first-order chi connectivity index (χ1) is 10.1. The highest BCUT2D eigenvalue weighted by atomic mass is 35.5. The standard InChI is InChI=1S/C17H26ClNO2/c1-5-6-7-8-21-17-15(18)9-14(10-16(17)20-4)12-19-11-13(2)3/h5,9-10,13,19H,1,6-8,11-12H2,2-4H3. The molecule has 0 aliphatic heterocycles. The molecule has 1 aromatic carbocycles. The molecule has 0 heterocycles. The van der Waals surface area contributed by atoms with Crippen LogP contribution in [0.25, 0.3) is 0 Å². The Morgan fingerprint density at radius 1 is 1.38 bits per heavy atom. The van der Waals surface area contributed by atoms with E-state index in [1.54, 1.807) is 7.11 Å². The van der Waals surface area contributed by atoms with E-state index in [1.165, 1.54) is 0 Å². The van der Waals surface area contributed by atoms with Gasteiger partial charge in [0.25, 0.3) is 0 Å². The average molecular weight is 312 g/mol. The third-order valence-corrected chi connectivity index (χ3v) is 3.25. The Bertz CT molecular complexity index is 447. The van der Waals surface area contributed by atoms with Crippen LogP contribution in [0.15, 0.2) is 24.8 Å². The summed E-state index contributed by atoms with van der Waals surface area (Å²) in [6.45, 7) is 10.4. The molecule has 1 N–H and O–H groups in total. The maximum absolute atomic E-state index is 6.31. The lowest BCUT2D eigenvalue weighted by Gasteiger charge is -2.15. The van der Waals surface area contributed by atoms with Crippen LogP contribution in [0.2, 0.25) is 5.02 Å². The Hall–Kier alpha value is -1.19. The lowest BCUT2D eigenvalue weighted by molar-refractivity contribution is 0.290. The van der Waals surface area contributed by atoms with Crippen LogP contribution in [0.4, 0.5) is 0 Å². The molecule has 0 aromatic heterocycles. The van der Waals surface area contributed by atoms with E-state index < -0.39 is 0 Å². The number of ether oxygens (including phenoxy) is 2. The van der Waals surface area contributed by atoms with Crippen LogP contribution in [0.1, 0.15) is 32.3 Å². The molecule has 4 heteroatoms. The molecule has 0 amide bonds. The van der Waals surface area contributed by atoms with Crippen molar-refractivity contribution in [3.63, 3.8) is 0 Å². The van der Waals surface area contributed by atoms with Gasteiger partial charge in [-0.15, -0.1) is 6.58 Å². The van der Waals surface area contributed by atoms with Crippen molar-refractivity contribution in [2.45, 2.75) is 33.2 Å². The van der Waals surface area contributed by atoms with E-state index in [1.807, 2.05) is 18.2 Å². The summed E-state index contributed by atoms with van der Waals surface area (Å²) in [7, 11) is 1.63. The van der Waals surface area contributed by atoms with Gasteiger partial charge in [-0.25, -0.2) is 0 Å². The fraction of sp³-hybridized carbons (Fsp3) is 0.529. The minimum atomic E-state index is 0.592. The molecule has 1 aromatic rings. The molecule has 21 heavy (non-hydrogen) atoms. The number of benzene rings is 1. The normalized spacial score (nSPS) is 10.7. The smallest absolute Gasteiger partial charge is 0.179 e. The van der Waals surface area contributed by atoms with Crippen LogP contribution >= 0.6 is 11.6 Å². The van der Waals surface area contributed by atoms with Crippen LogP contribution < -0.4 is 14.8 Å². The Labute approximate surface area is 133 Å². The number of rotatable bonds is 10. The zero-order chi connectivity index (χ0) is 15.7. The van der Waals surface area contributed by atoms with Crippen molar-refractivity contribution in [2.75, 3.05) is 20.3 Å². The summed E-state index contributed by atoms with van der Waals surface area (Å²) in [5.74, 6) is 1.92. The van der Waals surface area contributed by atoms with Crippen molar-refractivity contribution in [1.29, 1.82) is 0 Å². The fourth-order valence-electron chi connectivity index (χ4n) is 1.92. The Morgan fingerprint density at radius 3 is 2.76 bits per heavy atom. The quantitative estimate of drug-likeness (QED) is 0.512. The number of hydrogen-bond donors (Lipinski definition) is 1. The van der Waals surface area contributed by atoms with Crippen LogP contribution in [0.3, 0.4) is 0 Å². The highest BCUT2D eigenvalue weighted by molar-refractivity contribution is 6.32. The maximum Gasteiger partial charge on any atom is 0.179 e. The summed E-state index contributed by atoms with van der Waals surface area (Å²) in [6, 6.07) is 3.91. The summed E-state index contributed by atoms with van der Waals surface area (Å²) in [4.78, 5) is 0. The zero-order valence-corrected chi connectivity index (χ0v) is 14.0. The summed E-state index contributed by atoms with van der Waals surface area (Å²) >= 11 is 6.31. The van der Waals surface area contributed by atoms with Crippen LogP contribution in [0.5, 0.6) is 11.5 Å². The highest BCUT2D eigenvalue weighted by Gasteiger charge is 2.12. The molecular weight excluding hydrogens is 286 g/mol. The van der Waals surface area contributed by atoms with E-state index in [0.29, 0.717) is 29.0 Å². The molecule has 0 atom stereocenters. The second-order valence-electron chi connectivity index (χ2n) is 5.41. The number of methoxy groups -OCH3 is 1. The predicted molar refractivity (Wildman–Crippen MR) is 89.5 cm³/mol. The van der Waals surface area contributed by atoms with Gasteiger partial charge in [0.2, 0.25) is 0 Å². The second kappa shape index (κ2) is 9.69. The topological polar surface area (TPSA) is 30.5 Å². The van der Waals surface area contributed by atoms with Crippen molar-refractivity contribution in [2.24, 2.45) is 5.92 Å². The molecule has 3 nitrogen and oxygen atoms in total. The van der Waals surface area contributed by atoms with Gasteiger partial charge in [0, 0.05) is 6.54 Å². The lowest BCUT2D eigenvalue weighted by atomic mass is 10.1. The SMILES string of the molecule is C=CCCCOc1c(Cl)cc(CNCC(C)C)cc1OC. The first-order valence-electron chi connectivity index (χ1n) is 7.39. The minimum Gasteiger partial charge on any atom is -0.493 e. The van der Waals surface area contributed by atoms with Gasteiger partial charge in [-0.1, -0.05) is 31.5 Å². The Kier molecular flexibility index (Phi) is 8.24. The molecule has 0 aliphatic carbocycles. The lowest BCUT2D eigenvalue weighted by Crippen LogP contribution is -2.19. The molecule has 0 bridgehead atoms. The van der Waals surface area contributed by atoms with Crippen molar-refractivity contribution < 1.29 is 9.47 Å². The van der Waals surface area contributed by atoms with Crippen molar-refractivity contribution in [3.8, 4) is 11.5 Å². The molecule has 0 unspecified atom stereocenters. The molecule has 0 saturated heterocycles. The summed E-state index contributed by atoms with van der Waals surface area (Å²) in [5, 5.41) is 3.98. The summed E-state index contributed by atoms with van der Waals surface area (Å²) in [6.07, 6.45) is 3.73. The fourth-order valence-corrected chi connectivity index (χ4v) is 2.21. The van der Waals surface area contributed by atoms with Crippen molar-refractivity contribution in [3.05, 3.63) is 35.4 Å². The zero-order valence-electron chi connectivity index (χ0n) is 13.2. The molecule has 118 valence electrons. The molecule has 0 radical (unpaired) electrons. The van der Waals surface area contributed by atoms with Gasteiger partial charge in [-0.3, -0.25) is 0 Å². The van der Waals surface area contributed by atoms with E-state index in [4.69, 9.17) is 21.1 Å². The van der Waals surface area contributed by atoms with Gasteiger partial charge in [-0.05, 0) is 43.0 Å². The number of halogens is 1. The second-order valence-corrected chi connectivity index (χ2v) is 5.82. The van der Waals surface area contributed by atoms with Crippen LogP contribution in [-0.2, 0) is 6.54 Å². The molecule has 0 spiro atoms. The third-order valence-electron chi connectivity index (χ3n) is 2.97. The summed E-state index contributed by atoms with van der Waals surface area (Å²) < 4.78 is 11.1. The monoisotopic (exact) mass is 311 g/mol. The number of hydrogen-bond acceptors (Lipinski definition) is 3. The van der Waals surface area contributed by atoms with E-state index >= 15 is 0 Å². The average Bonchev–Trinajstić information content (AvgIpc) is 2.44. The van der Waals surface area contributed by atoms with E-state index in [2.05, 4.69) is 25.7 Å². The number of allylic oxidation sites excluding steroid dienone is 1.